The Bertz CT molecular complexity index is 1230. The number of hydrogen-bond donors (Lipinski definition) is 1. The number of rotatable bonds is 4. The van der Waals surface area contributed by atoms with Gasteiger partial charge in [0.05, 0.1) is 25.8 Å². The van der Waals surface area contributed by atoms with Crippen LogP contribution in [0.1, 0.15) is 47.2 Å². The number of ether oxygens (including phenoxy) is 2. The third kappa shape index (κ3) is 3.56. The third-order valence-corrected chi connectivity index (χ3v) is 6.11. The van der Waals surface area contributed by atoms with Crippen molar-refractivity contribution in [2.24, 2.45) is 0 Å². The number of aryl methyl sites for hydroxylation is 2. The molecule has 3 aromatic rings. The summed E-state index contributed by atoms with van der Waals surface area (Å²) >= 11 is 0. The van der Waals surface area contributed by atoms with Gasteiger partial charge < -0.3 is 19.4 Å². The molecule has 0 spiro atoms. The molecule has 1 aliphatic heterocycles. The largest absolute Gasteiger partial charge is 0.493 e. The fourth-order valence-electron chi connectivity index (χ4n) is 4.66. The minimum Gasteiger partial charge on any atom is -0.493 e. The number of benzene rings is 2. The topological polar surface area (TPSA) is 71.6 Å². The highest BCUT2D eigenvalue weighted by Gasteiger charge is 2.34. The van der Waals surface area contributed by atoms with Crippen LogP contribution >= 0.6 is 0 Å². The van der Waals surface area contributed by atoms with Crippen LogP contribution in [0, 0.1) is 13.8 Å². The van der Waals surface area contributed by atoms with Gasteiger partial charge in [-0.1, -0.05) is 18.6 Å². The van der Waals surface area contributed by atoms with Crippen molar-refractivity contribution in [3.63, 3.8) is 0 Å². The predicted molar refractivity (Wildman–Crippen MR) is 121 cm³/mol. The highest BCUT2D eigenvalue weighted by molar-refractivity contribution is 5.84. The molecule has 4 rings (SSSR count). The maximum Gasteiger partial charge on any atom is 0.254 e. The van der Waals surface area contributed by atoms with Gasteiger partial charge in [0.15, 0.2) is 11.5 Å². The van der Waals surface area contributed by atoms with Gasteiger partial charge in [-0.15, -0.1) is 0 Å². The number of aromatic nitrogens is 1. The van der Waals surface area contributed by atoms with Crippen LogP contribution in [-0.4, -0.2) is 36.6 Å². The van der Waals surface area contributed by atoms with Crippen molar-refractivity contribution >= 4 is 16.8 Å². The summed E-state index contributed by atoms with van der Waals surface area (Å²) < 4.78 is 11.0. The van der Waals surface area contributed by atoms with E-state index in [9.17, 15) is 9.59 Å². The molecule has 0 bridgehead atoms. The second-order valence-corrected chi connectivity index (χ2v) is 8.10. The maximum atomic E-state index is 13.3. The molecule has 1 unspecified atom stereocenters. The molecule has 31 heavy (non-hydrogen) atoms. The van der Waals surface area contributed by atoms with Crippen LogP contribution in [0.2, 0.25) is 0 Å². The van der Waals surface area contributed by atoms with Gasteiger partial charge in [0.2, 0.25) is 5.91 Å². The molecule has 2 aromatic carbocycles. The quantitative estimate of drug-likeness (QED) is 0.691. The molecule has 0 saturated carbocycles. The Morgan fingerprint density at radius 1 is 1.06 bits per heavy atom. The molecule has 1 amide bonds. The van der Waals surface area contributed by atoms with E-state index in [4.69, 9.17) is 9.47 Å². The van der Waals surface area contributed by atoms with Gasteiger partial charge in [0, 0.05) is 18.5 Å². The highest BCUT2D eigenvalue weighted by atomic mass is 16.5. The monoisotopic (exact) mass is 420 g/mol. The van der Waals surface area contributed by atoms with Crippen LogP contribution in [0.5, 0.6) is 11.5 Å². The van der Waals surface area contributed by atoms with Gasteiger partial charge in [-0.05, 0) is 66.6 Å². The van der Waals surface area contributed by atoms with Gasteiger partial charge in [-0.2, -0.15) is 0 Å². The zero-order valence-corrected chi connectivity index (χ0v) is 18.7. The van der Waals surface area contributed by atoms with Crippen molar-refractivity contribution < 1.29 is 14.3 Å². The molecule has 6 nitrogen and oxygen atoms in total. The molecule has 1 atom stereocenters. The summed E-state index contributed by atoms with van der Waals surface area (Å²) in [7, 11) is 3.20. The first-order chi connectivity index (χ1) is 14.9. The summed E-state index contributed by atoms with van der Waals surface area (Å²) in [5, 5.41) is 0.962. The van der Waals surface area contributed by atoms with Crippen LogP contribution in [0.15, 0.2) is 35.1 Å². The van der Waals surface area contributed by atoms with Gasteiger partial charge >= 0.3 is 0 Å². The average Bonchev–Trinajstić information content (AvgIpc) is 2.77. The molecular formula is C25H28N2O4. The number of fused-ring (bicyclic) bond motifs is 2. The van der Waals surface area contributed by atoms with E-state index in [0.717, 1.165) is 33.2 Å². The SMILES string of the molecule is CCC(=O)N1CCc2cc(OC)c(OC)cc2C1c1cc2cc(C)cc(C)c2[nH]c1=O. The highest BCUT2D eigenvalue weighted by Crippen LogP contribution is 2.41. The van der Waals surface area contributed by atoms with Crippen molar-refractivity contribution in [3.8, 4) is 11.5 Å². The van der Waals surface area contributed by atoms with Gasteiger partial charge in [-0.3, -0.25) is 9.59 Å². The van der Waals surface area contributed by atoms with Gasteiger partial charge in [0.25, 0.3) is 5.56 Å². The van der Waals surface area contributed by atoms with Crippen LogP contribution in [0.3, 0.4) is 0 Å². The van der Waals surface area contributed by atoms with E-state index >= 15 is 0 Å². The number of carbonyl (C=O) groups is 1. The number of amides is 1. The van der Waals surface area contributed by atoms with Crippen molar-refractivity contribution in [3.05, 3.63) is 68.5 Å². The first-order valence-corrected chi connectivity index (χ1v) is 10.6. The molecule has 1 N–H and O–H groups in total. The van der Waals surface area contributed by atoms with E-state index in [1.54, 1.807) is 14.2 Å². The standard InChI is InChI=1S/C25H28N2O4/c1-6-22(28)27-8-7-16-12-20(30-4)21(31-5)13-18(16)24(27)19-11-17-10-14(2)9-15(3)23(17)26-25(19)29/h9-13,24H,6-8H2,1-5H3,(H,26,29). The van der Waals surface area contributed by atoms with Gasteiger partial charge in [0.1, 0.15) is 0 Å². The Hall–Kier alpha value is -3.28. The predicted octanol–water partition coefficient (Wildman–Crippen LogP) is 4.05. The van der Waals surface area contributed by atoms with Crippen LogP contribution in [0.4, 0.5) is 0 Å². The number of H-pyrrole nitrogens is 1. The number of methoxy groups -OCH3 is 2. The second kappa shape index (κ2) is 8.10. The summed E-state index contributed by atoms with van der Waals surface area (Å²) in [5.74, 6) is 1.25. The zero-order chi connectivity index (χ0) is 22.3. The lowest BCUT2D eigenvalue weighted by atomic mass is 9.87. The average molecular weight is 421 g/mol. The van der Waals surface area contributed by atoms with E-state index in [2.05, 4.69) is 17.1 Å². The molecule has 0 radical (unpaired) electrons. The van der Waals surface area contributed by atoms with Crippen LogP contribution < -0.4 is 15.0 Å². The first-order valence-electron chi connectivity index (χ1n) is 10.6. The fourth-order valence-corrected chi connectivity index (χ4v) is 4.66. The van der Waals surface area contributed by atoms with E-state index in [1.165, 1.54) is 0 Å². The Balaban J connectivity index is 1.99. The molecule has 0 saturated heterocycles. The number of nitrogens with zero attached hydrogens (tertiary/aromatic N) is 1. The molecule has 1 aliphatic rings. The number of pyridine rings is 1. The summed E-state index contributed by atoms with van der Waals surface area (Å²) in [6.07, 6.45) is 1.07. The Morgan fingerprint density at radius 2 is 1.77 bits per heavy atom. The minimum atomic E-state index is -0.482. The molecule has 1 aromatic heterocycles. The van der Waals surface area contributed by atoms with E-state index in [0.29, 0.717) is 36.4 Å². The van der Waals surface area contributed by atoms with Crippen molar-refractivity contribution in [1.29, 1.82) is 0 Å². The summed E-state index contributed by atoms with van der Waals surface area (Å²) in [4.78, 5) is 31.0. The van der Waals surface area contributed by atoms with Crippen molar-refractivity contribution in [1.82, 2.24) is 9.88 Å². The fraction of sp³-hybridized carbons (Fsp3) is 0.360. The molecule has 162 valence electrons. The number of hydrogen-bond acceptors (Lipinski definition) is 4. The zero-order valence-electron chi connectivity index (χ0n) is 18.7. The Labute approximate surface area is 181 Å². The Kier molecular flexibility index (Phi) is 5.48. The van der Waals surface area contributed by atoms with Gasteiger partial charge in [-0.25, -0.2) is 0 Å². The second-order valence-electron chi connectivity index (χ2n) is 8.10. The van der Waals surface area contributed by atoms with Crippen molar-refractivity contribution in [2.75, 3.05) is 20.8 Å². The van der Waals surface area contributed by atoms with Crippen molar-refractivity contribution in [2.45, 2.75) is 39.7 Å². The summed E-state index contributed by atoms with van der Waals surface area (Å²) in [6.45, 7) is 6.42. The summed E-state index contributed by atoms with van der Waals surface area (Å²) in [5.41, 5.74) is 5.32. The molecular weight excluding hydrogens is 392 g/mol. The van der Waals surface area contributed by atoms with E-state index < -0.39 is 6.04 Å². The Morgan fingerprint density at radius 3 is 2.45 bits per heavy atom. The van der Waals surface area contributed by atoms with E-state index in [1.807, 2.05) is 43.9 Å². The number of carbonyl (C=O) groups excluding carboxylic acids is 1. The molecule has 0 aliphatic carbocycles. The lowest BCUT2D eigenvalue weighted by Crippen LogP contribution is -2.42. The number of nitrogens with one attached hydrogen (secondary N) is 1. The molecule has 2 heterocycles. The minimum absolute atomic E-state index is 0.0188. The molecule has 0 fully saturated rings. The smallest absolute Gasteiger partial charge is 0.254 e. The maximum absolute atomic E-state index is 13.3. The lowest BCUT2D eigenvalue weighted by molar-refractivity contribution is -0.132. The van der Waals surface area contributed by atoms with Crippen LogP contribution in [0.25, 0.3) is 10.9 Å². The van der Waals surface area contributed by atoms with E-state index in [-0.39, 0.29) is 11.5 Å². The normalized spacial score (nSPS) is 15.6. The first kappa shape index (κ1) is 21.0. The molecule has 6 heteroatoms. The summed E-state index contributed by atoms with van der Waals surface area (Å²) in [6, 6.07) is 9.42. The lowest BCUT2D eigenvalue weighted by Gasteiger charge is -2.37. The third-order valence-electron chi connectivity index (χ3n) is 6.11. The number of aromatic amines is 1. The van der Waals surface area contributed by atoms with Crippen LogP contribution in [-0.2, 0) is 11.2 Å².